The predicted octanol–water partition coefficient (Wildman–Crippen LogP) is 3.10. The van der Waals surface area contributed by atoms with Gasteiger partial charge in [0.05, 0.1) is 0 Å². The van der Waals surface area contributed by atoms with Crippen molar-refractivity contribution in [2.75, 3.05) is 11.1 Å². The molecule has 1 aliphatic carbocycles. The van der Waals surface area contributed by atoms with Gasteiger partial charge in [-0.2, -0.15) is 0 Å². The van der Waals surface area contributed by atoms with Crippen molar-refractivity contribution in [1.82, 2.24) is 0 Å². The van der Waals surface area contributed by atoms with Crippen molar-refractivity contribution in [3.05, 3.63) is 35.9 Å². The van der Waals surface area contributed by atoms with E-state index in [1.54, 1.807) is 0 Å². The van der Waals surface area contributed by atoms with E-state index < -0.39 is 0 Å². The number of nitrogens with two attached hydrogens (primary N) is 1. The fraction of sp³-hybridized carbons (Fsp3) is 0.385. The molecule has 0 bridgehead atoms. The lowest BCUT2D eigenvalue weighted by Crippen LogP contribution is -2.20. The number of hydrogen-bond donors (Lipinski definition) is 2. The van der Waals surface area contributed by atoms with E-state index in [1.807, 2.05) is 12.1 Å². The summed E-state index contributed by atoms with van der Waals surface area (Å²) in [5.41, 5.74) is 9.00. The van der Waals surface area contributed by atoms with Gasteiger partial charge in [0.25, 0.3) is 0 Å². The minimum atomic E-state index is 0.581. The average Bonchev–Trinajstić information content (AvgIpc) is 2.24. The Hall–Kier alpha value is -1.44. The standard InChI is InChI=1S/C13H18N2/c1-10-9-11(14)7-8-13(10)15-12-5-3-2-4-6-12/h2-3,7-9,12,15H,4-6,14H2,1H3. The van der Waals surface area contributed by atoms with E-state index in [0.29, 0.717) is 6.04 Å². The van der Waals surface area contributed by atoms with Gasteiger partial charge in [0.15, 0.2) is 0 Å². The van der Waals surface area contributed by atoms with Crippen LogP contribution >= 0.6 is 0 Å². The Morgan fingerprint density at radius 3 is 2.87 bits per heavy atom. The predicted molar refractivity (Wildman–Crippen MR) is 66.0 cm³/mol. The SMILES string of the molecule is Cc1cc(N)ccc1NC1CC=CCC1. The Balaban J connectivity index is 2.06. The molecule has 15 heavy (non-hydrogen) atoms. The maximum Gasteiger partial charge on any atom is 0.0373 e. The molecule has 2 nitrogen and oxygen atoms in total. The molecule has 2 rings (SSSR count). The lowest BCUT2D eigenvalue weighted by atomic mass is 10.0. The van der Waals surface area contributed by atoms with Crippen LogP contribution in [-0.2, 0) is 0 Å². The summed E-state index contributed by atoms with van der Waals surface area (Å²) in [6.45, 7) is 2.09. The van der Waals surface area contributed by atoms with Crippen molar-refractivity contribution in [3.63, 3.8) is 0 Å². The molecule has 0 amide bonds. The van der Waals surface area contributed by atoms with Crippen LogP contribution in [0.4, 0.5) is 11.4 Å². The highest BCUT2D eigenvalue weighted by Gasteiger charge is 2.10. The van der Waals surface area contributed by atoms with Crippen molar-refractivity contribution in [2.45, 2.75) is 32.2 Å². The van der Waals surface area contributed by atoms with Crippen LogP contribution < -0.4 is 11.1 Å². The molecular formula is C13H18N2. The number of benzene rings is 1. The summed E-state index contributed by atoms with van der Waals surface area (Å²) in [4.78, 5) is 0. The topological polar surface area (TPSA) is 38.0 Å². The molecule has 0 saturated heterocycles. The number of hydrogen-bond acceptors (Lipinski definition) is 2. The third-order valence-corrected chi connectivity index (χ3v) is 2.88. The molecule has 1 aromatic rings. The van der Waals surface area contributed by atoms with Crippen LogP contribution in [0.3, 0.4) is 0 Å². The van der Waals surface area contributed by atoms with E-state index in [0.717, 1.165) is 12.1 Å². The highest BCUT2D eigenvalue weighted by Crippen LogP contribution is 2.22. The van der Waals surface area contributed by atoms with Crippen LogP contribution in [0.5, 0.6) is 0 Å². The minimum Gasteiger partial charge on any atom is -0.399 e. The highest BCUT2D eigenvalue weighted by molar-refractivity contribution is 5.57. The quantitative estimate of drug-likeness (QED) is 0.571. The van der Waals surface area contributed by atoms with Gasteiger partial charge in [-0.1, -0.05) is 12.2 Å². The first kappa shape index (κ1) is 10.1. The number of nitrogen functional groups attached to an aromatic ring is 1. The molecule has 2 heteroatoms. The molecule has 0 aliphatic heterocycles. The molecule has 0 saturated carbocycles. The van der Waals surface area contributed by atoms with Gasteiger partial charge in [-0.05, 0) is 49.9 Å². The molecule has 1 aromatic carbocycles. The summed E-state index contributed by atoms with van der Waals surface area (Å²) in [7, 11) is 0. The number of aryl methyl sites for hydroxylation is 1. The molecule has 0 spiro atoms. The van der Waals surface area contributed by atoms with E-state index in [1.165, 1.54) is 24.1 Å². The van der Waals surface area contributed by atoms with Crippen LogP contribution in [-0.4, -0.2) is 6.04 Å². The molecule has 1 atom stereocenters. The van der Waals surface area contributed by atoms with Crippen LogP contribution in [0.25, 0.3) is 0 Å². The Morgan fingerprint density at radius 1 is 1.33 bits per heavy atom. The zero-order valence-electron chi connectivity index (χ0n) is 9.16. The molecule has 1 aliphatic rings. The lowest BCUT2D eigenvalue weighted by molar-refractivity contribution is 0.644. The van der Waals surface area contributed by atoms with Crippen LogP contribution in [0, 0.1) is 6.92 Å². The van der Waals surface area contributed by atoms with E-state index >= 15 is 0 Å². The zero-order valence-corrected chi connectivity index (χ0v) is 9.16. The molecule has 0 fully saturated rings. The first-order chi connectivity index (χ1) is 7.25. The summed E-state index contributed by atoms with van der Waals surface area (Å²) in [5.74, 6) is 0. The maximum absolute atomic E-state index is 5.72. The van der Waals surface area contributed by atoms with Crippen LogP contribution in [0.2, 0.25) is 0 Å². The van der Waals surface area contributed by atoms with E-state index in [-0.39, 0.29) is 0 Å². The Kier molecular flexibility index (Phi) is 2.95. The van der Waals surface area contributed by atoms with E-state index in [4.69, 9.17) is 5.73 Å². The molecule has 0 radical (unpaired) electrons. The summed E-state index contributed by atoms with van der Waals surface area (Å²) < 4.78 is 0. The molecule has 1 unspecified atom stereocenters. The summed E-state index contributed by atoms with van der Waals surface area (Å²) in [5, 5.41) is 3.57. The number of allylic oxidation sites excluding steroid dienone is 1. The van der Waals surface area contributed by atoms with Gasteiger partial charge in [-0.25, -0.2) is 0 Å². The zero-order chi connectivity index (χ0) is 10.7. The number of nitrogens with one attached hydrogen (secondary N) is 1. The molecule has 0 heterocycles. The van der Waals surface area contributed by atoms with Crippen molar-refractivity contribution in [2.24, 2.45) is 0 Å². The monoisotopic (exact) mass is 202 g/mol. The van der Waals surface area contributed by atoms with Crippen LogP contribution in [0.15, 0.2) is 30.4 Å². The summed E-state index contributed by atoms with van der Waals surface area (Å²) in [6, 6.07) is 6.62. The smallest absolute Gasteiger partial charge is 0.0373 e. The minimum absolute atomic E-state index is 0.581. The van der Waals surface area contributed by atoms with Gasteiger partial charge >= 0.3 is 0 Å². The number of rotatable bonds is 2. The Bertz CT molecular complexity index is 369. The van der Waals surface area contributed by atoms with Gasteiger partial charge < -0.3 is 11.1 Å². The van der Waals surface area contributed by atoms with Crippen molar-refractivity contribution >= 4 is 11.4 Å². The summed E-state index contributed by atoms with van der Waals surface area (Å²) >= 11 is 0. The second-order valence-corrected chi connectivity index (χ2v) is 4.20. The fourth-order valence-electron chi connectivity index (χ4n) is 1.99. The molecule has 3 N–H and O–H groups in total. The van der Waals surface area contributed by atoms with Gasteiger partial charge in [-0.15, -0.1) is 0 Å². The normalized spacial score (nSPS) is 20.2. The fourth-order valence-corrected chi connectivity index (χ4v) is 1.99. The third kappa shape index (κ3) is 2.52. The van der Waals surface area contributed by atoms with Crippen LogP contribution in [0.1, 0.15) is 24.8 Å². The van der Waals surface area contributed by atoms with E-state index in [9.17, 15) is 0 Å². The summed E-state index contributed by atoms with van der Waals surface area (Å²) in [6.07, 6.45) is 8.05. The Labute approximate surface area is 91.2 Å². The second-order valence-electron chi connectivity index (χ2n) is 4.20. The maximum atomic E-state index is 5.72. The van der Waals surface area contributed by atoms with Crippen molar-refractivity contribution < 1.29 is 0 Å². The van der Waals surface area contributed by atoms with E-state index in [2.05, 4.69) is 30.5 Å². The van der Waals surface area contributed by atoms with Gasteiger partial charge in [0.1, 0.15) is 0 Å². The lowest BCUT2D eigenvalue weighted by Gasteiger charge is -2.21. The Morgan fingerprint density at radius 2 is 2.20 bits per heavy atom. The molecule has 0 aromatic heterocycles. The third-order valence-electron chi connectivity index (χ3n) is 2.88. The van der Waals surface area contributed by atoms with Gasteiger partial charge in [0.2, 0.25) is 0 Å². The van der Waals surface area contributed by atoms with Gasteiger partial charge in [0, 0.05) is 17.4 Å². The van der Waals surface area contributed by atoms with Crippen molar-refractivity contribution in [3.8, 4) is 0 Å². The first-order valence-corrected chi connectivity index (χ1v) is 5.53. The number of anilines is 2. The molecular weight excluding hydrogens is 184 g/mol. The largest absolute Gasteiger partial charge is 0.399 e. The van der Waals surface area contributed by atoms with Gasteiger partial charge in [-0.3, -0.25) is 0 Å². The average molecular weight is 202 g/mol. The second kappa shape index (κ2) is 4.39. The first-order valence-electron chi connectivity index (χ1n) is 5.53. The molecule has 80 valence electrons. The van der Waals surface area contributed by atoms with Crippen molar-refractivity contribution in [1.29, 1.82) is 0 Å². The highest BCUT2D eigenvalue weighted by atomic mass is 14.9.